The lowest BCUT2D eigenvalue weighted by Crippen LogP contribution is -2.25. The SMILES string of the molecule is CCNc1ncc(C)c(N(CC)Cc2cccc(C)n2)n1. The Morgan fingerprint density at radius 1 is 1.14 bits per heavy atom. The predicted molar refractivity (Wildman–Crippen MR) is 86.6 cm³/mol. The zero-order valence-corrected chi connectivity index (χ0v) is 13.2. The molecule has 1 N–H and O–H groups in total. The average Bonchev–Trinajstić information content (AvgIpc) is 2.47. The molecule has 2 heterocycles. The molecule has 21 heavy (non-hydrogen) atoms. The van der Waals surface area contributed by atoms with Crippen LogP contribution in [0.4, 0.5) is 11.8 Å². The van der Waals surface area contributed by atoms with Crippen LogP contribution < -0.4 is 10.2 Å². The van der Waals surface area contributed by atoms with Crippen LogP contribution in [-0.4, -0.2) is 28.0 Å². The van der Waals surface area contributed by atoms with Crippen molar-refractivity contribution in [2.45, 2.75) is 34.2 Å². The van der Waals surface area contributed by atoms with Crippen LogP contribution in [-0.2, 0) is 6.54 Å². The van der Waals surface area contributed by atoms with Crippen molar-refractivity contribution in [1.29, 1.82) is 0 Å². The molecule has 0 aliphatic carbocycles. The first-order chi connectivity index (χ1) is 10.1. The summed E-state index contributed by atoms with van der Waals surface area (Å²) in [6.45, 7) is 10.7. The Morgan fingerprint density at radius 2 is 1.95 bits per heavy atom. The molecular weight excluding hydrogens is 262 g/mol. The summed E-state index contributed by atoms with van der Waals surface area (Å²) in [5, 5.41) is 3.16. The van der Waals surface area contributed by atoms with Crippen molar-refractivity contribution in [3.63, 3.8) is 0 Å². The molecule has 0 saturated carbocycles. The number of hydrogen-bond acceptors (Lipinski definition) is 5. The van der Waals surface area contributed by atoms with E-state index in [1.807, 2.05) is 39.1 Å². The number of rotatable bonds is 6. The fraction of sp³-hybridized carbons (Fsp3) is 0.438. The van der Waals surface area contributed by atoms with Crippen LogP contribution in [0.1, 0.15) is 30.8 Å². The van der Waals surface area contributed by atoms with E-state index in [9.17, 15) is 0 Å². The molecule has 0 aromatic carbocycles. The highest BCUT2D eigenvalue weighted by Crippen LogP contribution is 2.19. The Labute approximate surface area is 126 Å². The predicted octanol–water partition coefficient (Wildman–Crippen LogP) is 2.95. The van der Waals surface area contributed by atoms with Gasteiger partial charge in [-0.2, -0.15) is 4.98 Å². The summed E-state index contributed by atoms with van der Waals surface area (Å²) >= 11 is 0. The summed E-state index contributed by atoms with van der Waals surface area (Å²) in [6, 6.07) is 6.11. The van der Waals surface area contributed by atoms with Gasteiger partial charge in [0.05, 0.1) is 12.2 Å². The monoisotopic (exact) mass is 285 g/mol. The second-order valence-electron chi connectivity index (χ2n) is 5.02. The molecule has 0 aliphatic rings. The molecule has 5 heteroatoms. The summed E-state index contributed by atoms with van der Waals surface area (Å²) in [4.78, 5) is 15.7. The maximum atomic E-state index is 4.63. The van der Waals surface area contributed by atoms with E-state index in [1.165, 1.54) is 0 Å². The Bertz CT molecular complexity index is 597. The summed E-state index contributed by atoms with van der Waals surface area (Å²) in [6.07, 6.45) is 1.87. The minimum Gasteiger partial charge on any atom is -0.354 e. The number of pyridine rings is 1. The molecule has 0 bridgehead atoms. The highest BCUT2D eigenvalue weighted by atomic mass is 15.2. The normalized spacial score (nSPS) is 10.5. The van der Waals surface area contributed by atoms with Crippen LogP contribution in [0.25, 0.3) is 0 Å². The van der Waals surface area contributed by atoms with Crippen molar-refractivity contribution >= 4 is 11.8 Å². The Kier molecular flexibility index (Phi) is 5.09. The molecule has 0 atom stereocenters. The number of hydrogen-bond donors (Lipinski definition) is 1. The van der Waals surface area contributed by atoms with Gasteiger partial charge in [0.15, 0.2) is 0 Å². The molecule has 2 aromatic rings. The van der Waals surface area contributed by atoms with E-state index >= 15 is 0 Å². The highest BCUT2D eigenvalue weighted by molar-refractivity contribution is 5.49. The molecular formula is C16H23N5. The smallest absolute Gasteiger partial charge is 0.224 e. The second kappa shape index (κ2) is 7.02. The van der Waals surface area contributed by atoms with Crippen LogP contribution >= 0.6 is 0 Å². The van der Waals surface area contributed by atoms with E-state index in [0.29, 0.717) is 5.95 Å². The Hall–Kier alpha value is -2.17. The zero-order valence-electron chi connectivity index (χ0n) is 13.2. The zero-order chi connectivity index (χ0) is 15.2. The maximum absolute atomic E-state index is 4.63. The van der Waals surface area contributed by atoms with Crippen molar-refractivity contribution in [1.82, 2.24) is 15.0 Å². The van der Waals surface area contributed by atoms with Gasteiger partial charge in [-0.1, -0.05) is 6.07 Å². The van der Waals surface area contributed by atoms with Crippen molar-refractivity contribution in [2.75, 3.05) is 23.3 Å². The third kappa shape index (κ3) is 3.90. The highest BCUT2D eigenvalue weighted by Gasteiger charge is 2.12. The van der Waals surface area contributed by atoms with Gasteiger partial charge in [0, 0.05) is 30.5 Å². The molecule has 0 spiro atoms. The van der Waals surface area contributed by atoms with Gasteiger partial charge in [0.1, 0.15) is 5.82 Å². The molecule has 0 saturated heterocycles. The largest absolute Gasteiger partial charge is 0.354 e. The van der Waals surface area contributed by atoms with Gasteiger partial charge < -0.3 is 10.2 Å². The van der Waals surface area contributed by atoms with E-state index < -0.39 is 0 Å². The van der Waals surface area contributed by atoms with Crippen LogP contribution in [0.15, 0.2) is 24.4 Å². The van der Waals surface area contributed by atoms with E-state index in [1.54, 1.807) is 0 Å². The molecule has 0 radical (unpaired) electrons. The van der Waals surface area contributed by atoms with Crippen LogP contribution in [0, 0.1) is 13.8 Å². The summed E-state index contributed by atoms with van der Waals surface area (Å²) in [7, 11) is 0. The molecule has 112 valence electrons. The average molecular weight is 285 g/mol. The van der Waals surface area contributed by atoms with Crippen molar-refractivity contribution in [3.8, 4) is 0 Å². The van der Waals surface area contributed by atoms with Gasteiger partial charge in [0.25, 0.3) is 0 Å². The molecule has 5 nitrogen and oxygen atoms in total. The lowest BCUT2D eigenvalue weighted by atomic mass is 10.2. The van der Waals surface area contributed by atoms with Crippen LogP contribution in [0.3, 0.4) is 0 Å². The third-order valence-electron chi connectivity index (χ3n) is 3.26. The van der Waals surface area contributed by atoms with Crippen LogP contribution in [0.2, 0.25) is 0 Å². The van der Waals surface area contributed by atoms with E-state index in [0.717, 1.165) is 42.4 Å². The molecule has 2 rings (SSSR count). The molecule has 0 amide bonds. The standard InChI is InChI=1S/C16H23N5/c1-5-17-16-18-10-12(3)15(20-16)21(6-2)11-14-9-7-8-13(4)19-14/h7-10H,5-6,11H2,1-4H3,(H,17,18,20). The fourth-order valence-electron chi connectivity index (χ4n) is 2.22. The molecule has 0 unspecified atom stereocenters. The Morgan fingerprint density at radius 3 is 2.62 bits per heavy atom. The van der Waals surface area contributed by atoms with Gasteiger partial charge in [-0.3, -0.25) is 4.98 Å². The first-order valence-electron chi connectivity index (χ1n) is 7.39. The summed E-state index contributed by atoms with van der Waals surface area (Å²) in [5.74, 6) is 1.64. The summed E-state index contributed by atoms with van der Waals surface area (Å²) in [5.41, 5.74) is 3.17. The number of anilines is 2. The third-order valence-corrected chi connectivity index (χ3v) is 3.26. The second-order valence-corrected chi connectivity index (χ2v) is 5.02. The Balaban J connectivity index is 2.26. The number of nitrogens with zero attached hydrogens (tertiary/aromatic N) is 4. The van der Waals surface area contributed by atoms with Gasteiger partial charge in [-0.05, 0) is 39.8 Å². The van der Waals surface area contributed by atoms with Gasteiger partial charge in [-0.15, -0.1) is 0 Å². The van der Waals surface area contributed by atoms with E-state index in [2.05, 4.69) is 38.2 Å². The molecule has 2 aromatic heterocycles. The number of nitrogens with one attached hydrogen (secondary N) is 1. The van der Waals surface area contributed by atoms with Crippen molar-refractivity contribution in [2.24, 2.45) is 0 Å². The van der Waals surface area contributed by atoms with Crippen molar-refractivity contribution in [3.05, 3.63) is 41.3 Å². The van der Waals surface area contributed by atoms with Gasteiger partial charge >= 0.3 is 0 Å². The lowest BCUT2D eigenvalue weighted by Gasteiger charge is -2.23. The summed E-state index contributed by atoms with van der Waals surface area (Å²) < 4.78 is 0. The first kappa shape index (κ1) is 15.2. The quantitative estimate of drug-likeness (QED) is 0.884. The minimum atomic E-state index is 0.675. The molecule has 0 aliphatic heterocycles. The minimum absolute atomic E-state index is 0.675. The first-order valence-corrected chi connectivity index (χ1v) is 7.39. The van der Waals surface area contributed by atoms with E-state index in [4.69, 9.17) is 0 Å². The van der Waals surface area contributed by atoms with Crippen LogP contribution in [0.5, 0.6) is 0 Å². The maximum Gasteiger partial charge on any atom is 0.224 e. The van der Waals surface area contributed by atoms with Gasteiger partial charge in [0.2, 0.25) is 5.95 Å². The molecule has 0 fully saturated rings. The van der Waals surface area contributed by atoms with E-state index in [-0.39, 0.29) is 0 Å². The number of aryl methyl sites for hydroxylation is 2. The lowest BCUT2D eigenvalue weighted by molar-refractivity contribution is 0.783. The van der Waals surface area contributed by atoms with Crippen molar-refractivity contribution < 1.29 is 0 Å². The number of aromatic nitrogens is 3. The fourth-order valence-corrected chi connectivity index (χ4v) is 2.22. The van der Waals surface area contributed by atoms with Gasteiger partial charge in [-0.25, -0.2) is 4.98 Å². The topological polar surface area (TPSA) is 53.9 Å².